The smallest absolute Gasteiger partial charge is 0.146 e. The molecule has 3 heterocycles. The maximum atomic E-state index is 9.05. The molecule has 1 saturated heterocycles. The number of hydrogen-bond donors (Lipinski definition) is 1. The molecule has 2 atom stereocenters. The third-order valence-electron chi connectivity index (χ3n) is 4.08. The third kappa shape index (κ3) is 3.40. The zero-order valence-corrected chi connectivity index (χ0v) is 13.9. The zero-order chi connectivity index (χ0) is 16.9. The van der Waals surface area contributed by atoms with Crippen molar-refractivity contribution in [1.82, 2.24) is 15.0 Å². The van der Waals surface area contributed by atoms with E-state index in [4.69, 9.17) is 21.6 Å². The topological polar surface area (TPSA) is 87.0 Å². The SMILES string of the molecule is CO[C@@H]1C[C@H](CNc2nccc(C#N)c2Cl)N(c2ccncn2)C1. The average Bonchev–Trinajstić information content (AvgIpc) is 3.05. The number of nitrogens with one attached hydrogen (secondary N) is 1. The van der Waals surface area contributed by atoms with Gasteiger partial charge in [0.2, 0.25) is 0 Å². The van der Waals surface area contributed by atoms with Crippen molar-refractivity contribution in [2.24, 2.45) is 0 Å². The van der Waals surface area contributed by atoms with Crippen molar-refractivity contribution in [2.45, 2.75) is 18.6 Å². The van der Waals surface area contributed by atoms with Crippen LogP contribution in [0.2, 0.25) is 5.02 Å². The molecule has 0 bridgehead atoms. The Balaban J connectivity index is 1.74. The van der Waals surface area contributed by atoms with Gasteiger partial charge in [-0.1, -0.05) is 11.6 Å². The van der Waals surface area contributed by atoms with Crippen LogP contribution in [-0.4, -0.2) is 47.3 Å². The lowest BCUT2D eigenvalue weighted by atomic mass is 10.2. The van der Waals surface area contributed by atoms with Crippen LogP contribution in [0.5, 0.6) is 0 Å². The van der Waals surface area contributed by atoms with Crippen molar-refractivity contribution < 1.29 is 4.74 Å². The lowest BCUT2D eigenvalue weighted by molar-refractivity contribution is 0.118. The van der Waals surface area contributed by atoms with Gasteiger partial charge < -0.3 is 15.0 Å². The van der Waals surface area contributed by atoms with E-state index in [1.807, 2.05) is 6.07 Å². The predicted molar refractivity (Wildman–Crippen MR) is 91.0 cm³/mol. The Labute approximate surface area is 145 Å². The van der Waals surface area contributed by atoms with Crippen LogP contribution in [-0.2, 0) is 4.74 Å². The minimum atomic E-state index is 0.139. The van der Waals surface area contributed by atoms with Crippen LogP contribution in [0.25, 0.3) is 0 Å². The van der Waals surface area contributed by atoms with Crippen molar-refractivity contribution in [2.75, 3.05) is 30.4 Å². The van der Waals surface area contributed by atoms with Gasteiger partial charge in [0.05, 0.1) is 17.7 Å². The molecule has 0 spiro atoms. The molecule has 7 nitrogen and oxygen atoms in total. The molecule has 0 aliphatic carbocycles. The maximum Gasteiger partial charge on any atom is 0.146 e. The molecule has 3 rings (SSSR count). The monoisotopic (exact) mass is 344 g/mol. The highest BCUT2D eigenvalue weighted by atomic mass is 35.5. The van der Waals surface area contributed by atoms with Crippen LogP contribution in [0.3, 0.4) is 0 Å². The van der Waals surface area contributed by atoms with Crippen molar-refractivity contribution in [1.29, 1.82) is 5.26 Å². The molecule has 2 aromatic heterocycles. The van der Waals surface area contributed by atoms with E-state index in [0.29, 0.717) is 22.9 Å². The Kier molecular flexibility index (Phi) is 5.08. The molecular formula is C16H17ClN6O. The second-order valence-electron chi connectivity index (χ2n) is 5.48. The number of ether oxygens (including phenoxy) is 1. The van der Waals surface area contributed by atoms with E-state index >= 15 is 0 Å². The normalized spacial score (nSPS) is 20.0. The number of aromatic nitrogens is 3. The number of anilines is 2. The van der Waals surface area contributed by atoms with Gasteiger partial charge in [0.1, 0.15) is 29.1 Å². The van der Waals surface area contributed by atoms with E-state index in [-0.39, 0.29) is 12.1 Å². The summed E-state index contributed by atoms with van der Waals surface area (Å²) in [5.74, 6) is 1.38. The molecule has 0 aromatic carbocycles. The fourth-order valence-corrected chi connectivity index (χ4v) is 3.06. The predicted octanol–water partition coefficient (Wildman–Crippen LogP) is 2.10. The van der Waals surface area contributed by atoms with Gasteiger partial charge >= 0.3 is 0 Å². The summed E-state index contributed by atoms with van der Waals surface area (Å²) in [6.07, 6.45) is 5.84. The van der Waals surface area contributed by atoms with E-state index < -0.39 is 0 Å². The van der Waals surface area contributed by atoms with E-state index in [1.165, 1.54) is 6.33 Å². The summed E-state index contributed by atoms with van der Waals surface area (Å²) in [4.78, 5) is 14.7. The van der Waals surface area contributed by atoms with Crippen LogP contribution in [0, 0.1) is 11.3 Å². The second kappa shape index (κ2) is 7.43. The molecule has 0 amide bonds. The van der Waals surface area contributed by atoms with Crippen LogP contribution in [0.4, 0.5) is 11.6 Å². The molecule has 24 heavy (non-hydrogen) atoms. The van der Waals surface area contributed by atoms with Crippen LogP contribution in [0.15, 0.2) is 30.9 Å². The van der Waals surface area contributed by atoms with Gasteiger partial charge in [-0.15, -0.1) is 0 Å². The number of nitriles is 1. The van der Waals surface area contributed by atoms with Crippen molar-refractivity contribution in [3.8, 4) is 6.07 Å². The number of halogens is 1. The molecule has 8 heteroatoms. The quantitative estimate of drug-likeness (QED) is 0.888. The molecule has 1 aliphatic heterocycles. The molecule has 124 valence electrons. The number of rotatable bonds is 5. The van der Waals surface area contributed by atoms with Gasteiger partial charge in [-0.25, -0.2) is 15.0 Å². The molecule has 0 unspecified atom stereocenters. The Morgan fingerprint density at radius 3 is 3.00 bits per heavy atom. The summed E-state index contributed by atoms with van der Waals surface area (Å²) in [7, 11) is 1.72. The summed E-state index contributed by atoms with van der Waals surface area (Å²) >= 11 is 6.20. The highest BCUT2D eigenvalue weighted by Gasteiger charge is 2.33. The fraction of sp³-hybridized carbons (Fsp3) is 0.375. The highest BCUT2D eigenvalue weighted by molar-refractivity contribution is 6.34. The first-order chi connectivity index (χ1) is 11.7. The van der Waals surface area contributed by atoms with Crippen molar-refractivity contribution in [3.63, 3.8) is 0 Å². The summed E-state index contributed by atoms with van der Waals surface area (Å²) in [5, 5.41) is 12.6. The van der Waals surface area contributed by atoms with E-state index in [9.17, 15) is 0 Å². The molecule has 0 saturated carbocycles. The minimum Gasteiger partial charge on any atom is -0.380 e. The average molecular weight is 345 g/mol. The first-order valence-electron chi connectivity index (χ1n) is 7.57. The Bertz CT molecular complexity index is 735. The first kappa shape index (κ1) is 16.4. The third-order valence-corrected chi connectivity index (χ3v) is 4.47. The zero-order valence-electron chi connectivity index (χ0n) is 13.2. The van der Waals surface area contributed by atoms with Crippen LogP contribution in [0.1, 0.15) is 12.0 Å². The fourth-order valence-electron chi connectivity index (χ4n) is 2.84. The van der Waals surface area contributed by atoms with Gasteiger partial charge in [-0.2, -0.15) is 5.26 Å². The number of nitrogens with zero attached hydrogens (tertiary/aromatic N) is 5. The van der Waals surface area contributed by atoms with Crippen molar-refractivity contribution >= 4 is 23.2 Å². The van der Waals surface area contributed by atoms with Gasteiger partial charge in [0, 0.05) is 32.6 Å². The summed E-state index contributed by atoms with van der Waals surface area (Å²) < 4.78 is 5.51. The van der Waals surface area contributed by atoms with Crippen LogP contribution >= 0.6 is 11.6 Å². The molecule has 0 radical (unpaired) electrons. The van der Waals surface area contributed by atoms with Gasteiger partial charge in [0.25, 0.3) is 0 Å². The largest absolute Gasteiger partial charge is 0.380 e. The molecule has 1 N–H and O–H groups in total. The van der Waals surface area contributed by atoms with Crippen LogP contribution < -0.4 is 10.2 Å². The van der Waals surface area contributed by atoms with Gasteiger partial charge in [0.15, 0.2) is 0 Å². The van der Waals surface area contributed by atoms with E-state index in [2.05, 4.69) is 31.2 Å². The summed E-state index contributed by atoms with van der Waals surface area (Å²) in [6, 6.07) is 5.71. The Hall–Kier alpha value is -2.43. The summed E-state index contributed by atoms with van der Waals surface area (Å²) in [5.41, 5.74) is 0.406. The molecule has 1 fully saturated rings. The van der Waals surface area contributed by atoms with Gasteiger partial charge in [-0.3, -0.25) is 0 Å². The minimum absolute atomic E-state index is 0.139. The standard InChI is InChI=1S/C16H17ClN6O/c1-24-13-6-12(23(9-13)14-3-4-19-10-22-14)8-21-16-15(17)11(7-18)2-5-20-16/h2-5,10,12-13H,6,8-9H2,1H3,(H,20,21)/t12-,13-/m1/s1. The molecular weight excluding hydrogens is 328 g/mol. The van der Waals surface area contributed by atoms with E-state index in [0.717, 1.165) is 18.8 Å². The highest BCUT2D eigenvalue weighted by Crippen LogP contribution is 2.27. The number of hydrogen-bond acceptors (Lipinski definition) is 7. The number of pyridine rings is 1. The Morgan fingerprint density at radius 2 is 2.29 bits per heavy atom. The lowest BCUT2D eigenvalue weighted by Crippen LogP contribution is -2.35. The van der Waals surface area contributed by atoms with E-state index in [1.54, 1.807) is 25.6 Å². The first-order valence-corrected chi connectivity index (χ1v) is 7.94. The summed E-state index contributed by atoms with van der Waals surface area (Å²) in [6.45, 7) is 1.38. The maximum absolute atomic E-state index is 9.05. The lowest BCUT2D eigenvalue weighted by Gasteiger charge is -2.25. The number of methoxy groups -OCH3 is 1. The molecule has 2 aromatic rings. The second-order valence-corrected chi connectivity index (χ2v) is 5.86. The van der Waals surface area contributed by atoms with Crippen molar-refractivity contribution in [3.05, 3.63) is 41.4 Å². The molecule has 1 aliphatic rings. The van der Waals surface area contributed by atoms with Gasteiger partial charge in [-0.05, 0) is 18.6 Å². The Morgan fingerprint density at radius 1 is 1.42 bits per heavy atom.